The van der Waals surface area contributed by atoms with Crippen LogP contribution in [0.25, 0.3) is 0 Å². The summed E-state index contributed by atoms with van der Waals surface area (Å²) in [6.07, 6.45) is 9.81. The number of aliphatic imine (C=N–C) groups is 2. The molecule has 0 bridgehead atoms. The van der Waals surface area contributed by atoms with E-state index in [4.69, 9.17) is 0 Å². The van der Waals surface area contributed by atoms with E-state index in [1.54, 1.807) is 12.4 Å². The molecule has 1 aromatic carbocycles. The zero-order chi connectivity index (χ0) is 16.5. The van der Waals surface area contributed by atoms with Gasteiger partial charge in [0.15, 0.2) is 0 Å². The molecule has 0 saturated heterocycles. The van der Waals surface area contributed by atoms with Gasteiger partial charge in [0.25, 0.3) is 0 Å². The summed E-state index contributed by atoms with van der Waals surface area (Å²) in [5, 5.41) is 2.99. The van der Waals surface area contributed by atoms with Crippen molar-refractivity contribution in [3.05, 3.63) is 78.6 Å². The molecule has 118 valence electrons. The van der Waals surface area contributed by atoms with E-state index < -0.39 is 0 Å². The molecular weight excluding hydrogens is 298 g/mol. The van der Waals surface area contributed by atoms with Crippen molar-refractivity contribution in [2.24, 2.45) is 9.98 Å². The highest BCUT2D eigenvalue weighted by molar-refractivity contribution is 5.77. The number of nitrogens with zero attached hydrogens (tertiary/aromatic N) is 4. The number of rotatable bonds is 6. The molecule has 1 N–H and O–H groups in total. The Hall–Kier alpha value is -3.34. The molecule has 5 nitrogen and oxygen atoms in total. The molecule has 0 aliphatic heterocycles. The van der Waals surface area contributed by atoms with Gasteiger partial charge < -0.3 is 25.3 Å². The molecular formula is C19H15N5-2. The van der Waals surface area contributed by atoms with Gasteiger partial charge in [0.2, 0.25) is 0 Å². The van der Waals surface area contributed by atoms with Crippen molar-refractivity contribution in [3.63, 3.8) is 0 Å². The van der Waals surface area contributed by atoms with Gasteiger partial charge in [0.05, 0.1) is 5.82 Å². The average molecular weight is 313 g/mol. The van der Waals surface area contributed by atoms with E-state index in [1.165, 1.54) is 0 Å². The highest BCUT2D eigenvalue weighted by atomic mass is 15.0. The molecule has 0 atom stereocenters. The molecule has 0 saturated carbocycles. The normalized spacial score (nSPS) is 11.2. The Labute approximate surface area is 140 Å². The van der Waals surface area contributed by atoms with Crippen LogP contribution >= 0.6 is 0 Å². The van der Waals surface area contributed by atoms with Crippen LogP contribution in [0.3, 0.4) is 0 Å². The van der Waals surface area contributed by atoms with Gasteiger partial charge in [-0.3, -0.25) is 0 Å². The van der Waals surface area contributed by atoms with Crippen molar-refractivity contribution in [2.45, 2.75) is 6.42 Å². The van der Waals surface area contributed by atoms with E-state index in [0.29, 0.717) is 18.1 Å². The fourth-order valence-electron chi connectivity index (χ4n) is 1.91. The fourth-order valence-corrected chi connectivity index (χ4v) is 1.91. The van der Waals surface area contributed by atoms with E-state index in [0.717, 1.165) is 11.3 Å². The topological polar surface area (TPSA) is 62.5 Å². The van der Waals surface area contributed by atoms with Gasteiger partial charge in [-0.1, -0.05) is 60.1 Å². The molecule has 0 unspecified atom stereocenters. The number of benzene rings is 1. The highest BCUT2D eigenvalue weighted by Gasteiger charge is 1.86. The Bertz CT molecular complexity index is 726. The van der Waals surface area contributed by atoms with Gasteiger partial charge in [0, 0.05) is 18.7 Å². The van der Waals surface area contributed by atoms with Crippen molar-refractivity contribution in [3.8, 4) is 0 Å². The largest absolute Gasteiger partial charge is 0.452 e. The third kappa shape index (κ3) is 4.84. The first-order valence-electron chi connectivity index (χ1n) is 7.46. The van der Waals surface area contributed by atoms with Crippen LogP contribution in [-0.2, 0) is 6.42 Å². The first-order chi connectivity index (χ1) is 11.9. The van der Waals surface area contributed by atoms with Crippen LogP contribution in [0, 0.1) is 0 Å². The Morgan fingerprint density at radius 2 is 1.46 bits per heavy atom. The minimum atomic E-state index is 0.613. The summed E-state index contributed by atoms with van der Waals surface area (Å²) in [5.41, 5.74) is 2.02. The third-order valence-corrected chi connectivity index (χ3v) is 3.10. The number of hydrogen-bond donors (Lipinski definition) is 1. The van der Waals surface area contributed by atoms with E-state index in [9.17, 15) is 0 Å². The second-order valence-electron chi connectivity index (χ2n) is 4.87. The molecule has 0 spiro atoms. The molecule has 0 aliphatic rings. The molecule has 0 amide bonds. The zero-order valence-corrected chi connectivity index (χ0v) is 12.9. The Kier molecular flexibility index (Phi) is 5.40. The minimum Gasteiger partial charge on any atom is -0.452 e. The van der Waals surface area contributed by atoms with Crippen molar-refractivity contribution < 1.29 is 0 Å². The number of anilines is 1. The van der Waals surface area contributed by atoms with E-state index in [-0.39, 0.29) is 0 Å². The lowest BCUT2D eigenvalue weighted by Crippen LogP contribution is -1.95. The average Bonchev–Trinajstić information content (AvgIpc) is 2.65. The van der Waals surface area contributed by atoms with Crippen molar-refractivity contribution in [1.29, 1.82) is 0 Å². The predicted molar refractivity (Wildman–Crippen MR) is 96.4 cm³/mol. The molecule has 0 aliphatic carbocycles. The van der Waals surface area contributed by atoms with Crippen LogP contribution in [0.15, 0.2) is 83.0 Å². The predicted octanol–water partition coefficient (Wildman–Crippen LogP) is 3.95. The minimum absolute atomic E-state index is 0.613. The van der Waals surface area contributed by atoms with Crippen LogP contribution < -0.4 is 5.32 Å². The first kappa shape index (κ1) is 15.6. The van der Waals surface area contributed by atoms with Gasteiger partial charge >= 0.3 is 0 Å². The molecule has 2 aromatic heterocycles. The lowest BCUT2D eigenvalue weighted by molar-refractivity contribution is 1.26. The van der Waals surface area contributed by atoms with Crippen LogP contribution in [0.1, 0.15) is 5.56 Å². The molecule has 24 heavy (non-hydrogen) atoms. The monoisotopic (exact) mass is 313 g/mol. The smallest absolute Gasteiger partial charge is 0.0513 e. The van der Waals surface area contributed by atoms with Crippen LogP contribution in [0.2, 0.25) is 0 Å². The SMILES string of the molecule is [C-](Cc1ccc(N[C-]=Nc2ccccn2)cc1)=Nc1ccccn1. The molecule has 3 rings (SSSR count). The Morgan fingerprint density at radius 3 is 2.08 bits per heavy atom. The standard InChI is InChI=1S/C19H15N5/c1-3-12-20-18(5-1)22-14-11-16-7-9-17(10-8-16)23-15-24-19-6-2-4-13-21-19/h1-10,12-13H,11H2,(H,21,23,24)/q-2. The Balaban J connectivity index is 1.52. The summed E-state index contributed by atoms with van der Waals surface area (Å²) in [4.78, 5) is 16.5. The van der Waals surface area contributed by atoms with Gasteiger partial charge in [-0.05, 0) is 18.0 Å². The molecule has 5 heteroatoms. The summed E-state index contributed by atoms with van der Waals surface area (Å²) in [7, 11) is 0. The molecule has 0 fully saturated rings. The fraction of sp³-hybridized carbons (Fsp3) is 0.0526. The Morgan fingerprint density at radius 1 is 0.792 bits per heavy atom. The van der Waals surface area contributed by atoms with Crippen molar-refractivity contribution >= 4 is 29.9 Å². The van der Waals surface area contributed by atoms with E-state index >= 15 is 0 Å². The van der Waals surface area contributed by atoms with E-state index in [2.05, 4.69) is 37.8 Å². The highest BCUT2D eigenvalue weighted by Crippen LogP contribution is 2.10. The number of aromatic nitrogens is 2. The quantitative estimate of drug-likeness (QED) is 0.324. The lowest BCUT2D eigenvalue weighted by Gasteiger charge is -2.09. The van der Waals surface area contributed by atoms with Crippen molar-refractivity contribution in [1.82, 2.24) is 9.97 Å². The summed E-state index contributed by atoms with van der Waals surface area (Å²) in [5.74, 6) is 1.28. The summed E-state index contributed by atoms with van der Waals surface area (Å²) >= 11 is 0. The second kappa shape index (κ2) is 8.33. The second-order valence-corrected chi connectivity index (χ2v) is 4.87. The first-order valence-corrected chi connectivity index (χ1v) is 7.46. The maximum atomic E-state index is 4.20. The zero-order valence-electron chi connectivity index (χ0n) is 12.9. The maximum absolute atomic E-state index is 4.20. The summed E-state index contributed by atoms with van der Waals surface area (Å²) in [6, 6.07) is 19.1. The number of pyridine rings is 2. The lowest BCUT2D eigenvalue weighted by atomic mass is 10.1. The number of hydrogen-bond acceptors (Lipinski definition) is 4. The van der Waals surface area contributed by atoms with Crippen LogP contribution in [-0.4, -0.2) is 22.5 Å². The molecule has 2 heterocycles. The van der Waals surface area contributed by atoms with Gasteiger partial charge in [-0.15, -0.1) is 6.07 Å². The number of nitrogens with one attached hydrogen (secondary N) is 1. The summed E-state index contributed by atoms with van der Waals surface area (Å²) < 4.78 is 0. The van der Waals surface area contributed by atoms with E-state index in [1.807, 2.05) is 60.7 Å². The maximum Gasteiger partial charge on any atom is 0.0513 e. The van der Waals surface area contributed by atoms with Crippen LogP contribution in [0.4, 0.5) is 17.3 Å². The third-order valence-electron chi connectivity index (χ3n) is 3.10. The summed E-state index contributed by atoms with van der Waals surface area (Å²) in [6.45, 7) is 0. The molecule has 0 radical (unpaired) electrons. The van der Waals surface area contributed by atoms with Gasteiger partial charge in [-0.25, -0.2) is 0 Å². The van der Waals surface area contributed by atoms with Gasteiger partial charge in [0.1, 0.15) is 0 Å². The van der Waals surface area contributed by atoms with Gasteiger partial charge in [-0.2, -0.15) is 6.21 Å². The van der Waals surface area contributed by atoms with Crippen LogP contribution in [0.5, 0.6) is 0 Å². The molecule has 3 aromatic rings. The van der Waals surface area contributed by atoms with Crippen molar-refractivity contribution in [2.75, 3.05) is 5.32 Å².